The van der Waals surface area contributed by atoms with Crippen LogP contribution in [0.2, 0.25) is 0 Å². The number of thiophene rings is 2. The van der Waals surface area contributed by atoms with Crippen molar-refractivity contribution < 1.29 is 0 Å². The summed E-state index contributed by atoms with van der Waals surface area (Å²) < 4.78 is 2.36. The summed E-state index contributed by atoms with van der Waals surface area (Å²) in [5, 5.41) is 4.73. The first-order chi connectivity index (χ1) is 60.5. The van der Waals surface area contributed by atoms with Crippen molar-refractivity contribution in [2.75, 3.05) is 0 Å². The zero-order valence-electron chi connectivity index (χ0n) is 66.1. The fourth-order valence-corrected chi connectivity index (χ4v) is 19.1. The lowest BCUT2D eigenvalue weighted by Crippen LogP contribution is -2.00. The molecule has 0 fully saturated rings. The summed E-state index contributed by atoms with van der Waals surface area (Å²) in [5.74, 6) is 2.55. The van der Waals surface area contributed by atoms with Crippen LogP contribution in [0.4, 0.5) is 0 Å². The van der Waals surface area contributed by atoms with Crippen LogP contribution in [0, 0.1) is 0 Å². The largest absolute Gasteiger partial charge is 0.246 e. The number of hydrogen-bond donors (Lipinski definition) is 0. The van der Waals surface area contributed by atoms with Gasteiger partial charge in [0.2, 0.25) is 0 Å². The van der Waals surface area contributed by atoms with Crippen LogP contribution in [0.1, 0.15) is 0 Å². The lowest BCUT2D eigenvalue weighted by atomic mass is 9.94. The van der Waals surface area contributed by atoms with E-state index in [9.17, 15) is 0 Å². The SMILES string of the molecule is c1ccc(-c2ccc(-c3cc(-c4ccc(-c5c(-c6ccccc6)sc6c(-c7ccccc7)nc7ccccc7c56)cc4)nc(-c4ccc(-c5ccccc5)cc4)n3)cc2)cc1.c1ccc(-c2ccc(-c3nc(-c4ccc(-c5ccccc5)cc4)nc(-c4ccc(-c5c(-c6ccccc6)sc6c(-c7ccccc7)nc7ccccc7c56)cc4)n3)cc2)cc1. The highest BCUT2D eigenvalue weighted by Crippen LogP contribution is 2.53. The number of aromatic nitrogens is 7. The molecule has 6 aromatic heterocycles. The Morgan fingerprint density at radius 2 is 0.369 bits per heavy atom. The molecule has 7 nitrogen and oxygen atoms in total. The van der Waals surface area contributed by atoms with Crippen molar-refractivity contribution in [3.05, 3.63) is 443 Å². The molecule has 572 valence electrons. The number of fused-ring (bicyclic) bond motifs is 6. The fraction of sp³-hybridized carbons (Fsp3) is 0. The molecule has 0 N–H and O–H groups in total. The highest BCUT2D eigenvalue weighted by Gasteiger charge is 2.26. The zero-order chi connectivity index (χ0) is 81.1. The van der Waals surface area contributed by atoms with E-state index in [0.717, 1.165) is 117 Å². The predicted molar refractivity (Wildman–Crippen MR) is 510 cm³/mol. The Balaban J connectivity index is 0.000000150. The molecule has 0 saturated carbocycles. The van der Waals surface area contributed by atoms with Gasteiger partial charge in [0.1, 0.15) is 0 Å². The topological polar surface area (TPSA) is 90.2 Å². The van der Waals surface area contributed by atoms with Crippen molar-refractivity contribution >= 4 is 64.7 Å². The van der Waals surface area contributed by atoms with Gasteiger partial charge in [0, 0.05) is 86.9 Å². The van der Waals surface area contributed by atoms with Gasteiger partial charge in [0.05, 0.1) is 43.2 Å². The Morgan fingerprint density at radius 3 is 0.656 bits per heavy atom. The third kappa shape index (κ3) is 14.8. The number of pyridine rings is 2. The molecule has 122 heavy (non-hydrogen) atoms. The van der Waals surface area contributed by atoms with Crippen LogP contribution < -0.4 is 0 Å². The average molecular weight is 1590 g/mol. The summed E-state index contributed by atoms with van der Waals surface area (Å²) in [6.45, 7) is 0. The molecule has 6 heterocycles. The van der Waals surface area contributed by atoms with Gasteiger partial charge in [-0.25, -0.2) is 34.9 Å². The minimum absolute atomic E-state index is 0.616. The maximum atomic E-state index is 5.27. The van der Waals surface area contributed by atoms with E-state index in [1.807, 2.05) is 46.9 Å². The molecule has 22 aromatic rings. The zero-order valence-corrected chi connectivity index (χ0v) is 67.7. The maximum absolute atomic E-state index is 5.27. The van der Waals surface area contributed by atoms with Crippen LogP contribution in [0.5, 0.6) is 0 Å². The molecule has 0 atom stereocenters. The third-order valence-electron chi connectivity index (χ3n) is 22.5. The normalized spacial score (nSPS) is 11.3. The lowest BCUT2D eigenvalue weighted by molar-refractivity contribution is 1.07. The van der Waals surface area contributed by atoms with Crippen molar-refractivity contribution in [3.63, 3.8) is 0 Å². The van der Waals surface area contributed by atoms with Crippen LogP contribution >= 0.6 is 22.7 Å². The molecule has 0 spiro atoms. The second-order valence-corrected chi connectivity index (χ2v) is 32.2. The van der Waals surface area contributed by atoms with E-state index in [1.165, 1.54) is 80.0 Å². The minimum Gasteiger partial charge on any atom is -0.246 e. The van der Waals surface area contributed by atoms with Crippen LogP contribution in [0.15, 0.2) is 443 Å². The summed E-state index contributed by atoms with van der Waals surface area (Å²) in [4.78, 5) is 38.7. The molecule has 0 aliphatic rings. The van der Waals surface area contributed by atoms with Crippen molar-refractivity contribution in [1.82, 2.24) is 34.9 Å². The first-order valence-corrected chi connectivity index (χ1v) is 42.5. The van der Waals surface area contributed by atoms with E-state index < -0.39 is 0 Å². The summed E-state index contributed by atoms with van der Waals surface area (Å²) in [6, 6.07) is 155. The monoisotopic (exact) mass is 1590 g/mol. The van der Waals surface area contributed by atoms with Crippen molar-refractivity contribution in [1.29, 1.82) is 0 Å². The van der Waals surface area contributed by atoms with Crippen LogP contribution in [0.25, 0.3) is 220 Å². The molecule has 0 unspecified atom stereocenters. The molecule has 0 bridgehead atoms. The van der Waals surface area contributed by atoms with Gasteiger partial charge in [-0.05, 0) is 85.0 Å². The number of hydrogen-bond acceptors (Lipinski definition) is 9. The molecular weight excluding hydrogens is 1520 g/mol. The first-order valence-electron chi connectivity index (χ1n) is 40.9. The van der Waals surface area contributed by atoms with E-state index in [2.05, 4.69) is 419 Å². The molecule has 9 heteroatoms. The molecule has 0 saturated heterocycles. The molecular formula is C113H73N7S2. The number of para-hydroxylation sites is 2. The lowest BCUT2D eigenvalue weighted by Gasteiger charge is -2.12. The summed E-state index contributed by atoms with van der Waals surface area (Å²) in [6.07, 6.45) is 0. The van der Waals surface area contributed by atoms with Gasteiger partial charge in [0.15, 0.2) is 23.3 Å². The van der Waals surface area contributed by atoms with Gasteiger partial charge in [-0.1, -0.05) is 425 Å². The highest BCUT2D eigenvalue weighted by atomic mass is 32.1. The molecule has 0 amide bonds. The summed E-state index contributed by atoms with van der Waals surface area (Å²) in [7, 11) is 0. The number of nitrogens with zero attached hydrogens (tertiary/aromatic N) is 7. The van der Waals surface area contributed by atoms with Crippen LogP contribution in [0.3, 0.4) is 0 Å². The first kappa shape index (κ1) is 73.9. The third-order valence-corrected chi connectivity index (χ3v) is 25.0. The Hall–Kier alpha value is -15.7. The van der Waals surface area contributed by atoms with E-state index >= 15 is 0 Å². The average Bonchev–Trinajstić information content (AvgIpc) is 1.57. The smallest absolute Gasteiger partial charge is 0.164 e. The minimum atomic E-state index is 0.616. The van der Waals surface area contributed by atoms with E-state index in [4.69, 9.17) is 34.9 Å². The standard InChI is InChI=1S/C57H37N3S.C56H36N4S/c1-5-15-38(16-6-1)40-25-29-42(30-26-40)50-37-51(60-57(59-50)47-35-27-41(28-36-47)39-17-7-2-8-18-39)43-31-33-44(34-32-43)52-53-48-23-13-14-24-49(48)58-54(45-19-9-3-10-20-45)56(53)61-55(52)46-21-11-4-12-22-46;1-5-15-37(16-6-1)39-25-31-44(32-26-39)54-58-55(45-33-27-40(28-34-45)38-17-7-2-8-18-38)60-56(59-54)46-35-29-41(30-36-46)49-50-47-23-13-14-24-48(47)57-51(42-19-9-3-10-20-42)53(50)61-52(49)43-21-11-4-12-22-43/h1-37H;1-36H. The van der Waals surface area contributed by atoms with Gasteiger partial charge < -0.3 is 0 Å². The number of rotatable bonds is 16. The van der Waals surface area contributed by atoms with E-state index in [-0.39, 0.29) is 0 Å². The summed E-state index contributed by atoms with van der Waals surface area (Å²) in [5.41, 5.74) is 30.0. The Kier molecular flexibility index (Phi) is 20.0. The maximum Gasteiger partial charge on any atom is 0.164 e. The van der Waals surface area contributed by atoms with Crippen molar-refractivity contribution in [3.8, 4) is 178 Å². The van der Waals surface area contributed by atoms with Gasteiger partial charge in [0.25, 0.3) is 0 Å². The molecule has 0 aliphatic carbocycles. The second-order valence-electron chi connectivity index (χ2n) is 30.1. The highest BCUT2D eigenvalue weighted by molar-refractivity contribution is 7.24. The Bertz CT molecular complexity index is 6840. The number of benzene rings is 16. The van der Waals surface area contributed by atoms with Crippen molar-refractivity contribution in [2.24, 2.45) is 0 Å². The van der Waals surface area contributed by atoms with Gasteiger partial charge in [-0.15, -0.1) is 22.7 Å². The van der Waals surface area contributed by atoms with E-state index in [0.29, 0.717) is 23.3 Å². The Labute approximate surface area is 715 Å². The molecule has 22 rings (SSSR count). The predicted octanol–water partition coefficient (Wildman–Crippen LogP) is 30.5. The van der Waals surface area contributed by atoms with Gasteiger partial charge in [-0.3, -0.25) is 0 Å². The second kappa shape index (κ2) is 33.0. The Morgan fingerprint density at radius 1 is 0.156 bits per heavy atom. The molecule has 0 aliphatic heterocycles. The van der Waals surface area contributed by atoms with Crippen molar-refractivity contribution in [2.45, 2.75) is 0 Å². The molecule has 16 aromatic carbocycles. The van der Waals surface area contributed by atoms with Crippen LogP contribution in [-0.2, 0) is 0 Å². The van der Waals surface area contributed by atoms with Crippen LogP contribution in [-0.4, -0.2) is 34.9 Å². The summed E-state index contributed by atoms with van der Waals surface area (Å²) >= 11 is 3.64. The van der Waals surface area contributed by atoms with E-state index in [1.54, 1.807) is 0 Å². The quantitative estimate of drug-likeness (QED) is 0.0952. The molecule has 0 radical (unpaired) electrons. The van der Waals surface area contributed by atoms with Gasteiger partial charge in [-0.2, -0.15) is 0 Å². The van der Waals surface area contributed by atoms with Gasteiger partial charge >= 0.3 is 0 Å². The fourth-order valence-electron chi connectivity index (χ4n) is 16.4.